The summed E-state index contributed by atoms with van der Waals surface area (Å²) in [7, 11) is 0. The number of aromatic amines is 1. The van der Waals surface area contributed by atoms with Gasteiger partial charge in [-0.15, -0.1) is 0 Å². The van der Waals surface area contributed by atoms with E-state index in [-0.39, 0.29) is 10.8 Å². The molecule has 0 bridgehead atoms. The normalized spacial score (nSPS) is 14.3. The lowest BCUT2D eigenvalue weighted by Crippen LogP contribution is -2.22. The van der Waals surface area contributed by atoms with Gasteiger partial charge in [0.2, 0.25) is 0 Å². The lowest BCUT2D eigenvalue weighted by atomic mass is 9.79. The van der Waals surface area contributed by atoms with Gasteiger partial charge in [0.15, 0.2) is 0 Å². The fourth-order valence-electron chi connectivity index (χ4n) is 3.55. The molecule has 0 fully saturated rings. The first kappa shape index (κ1) is 22.3. The molecule has 0 saturated carbocycles. The molecule has 2 heteroatoms. The topological polar surface area (TPSA) is 28.7 Å². The van der Waals surface area contributed by atoms with Crippen molar-refractivity contribution in [2.75, 3.05) is 0 Å². The third-order valence-electron chi connectivity index (χ3n) is 6.04. The van der Waals surface area contributed by atoms with Crippen molar-refractivity contribution in [2.24, 2.45) is 5.92 Å². The van der Waals surface area contributed by atoms with Crippen molar-refractivity contribution < 1.29 is 0 Å². The number of hydrogen-bond donors (Lipinski definition) is 1. The molecule has 0 aliphatic rings. The second-order valence-electron chi connectivity index (χ2n) is 9.71. The van der Waals surface area contributed by atoms with Gasteiger partial charge >= 0.3 is 0 Å². The minimum absolute atomic E-state index is 0.125. The molecule has 146 valence electrons. The Balaban J connectivity index is 3.23. The summed E-state index contributed by atoms with van der Waals surface area (Å²) in [6.07, 6.45) is 8.83. The monoisotopic (exact) mass is 348 g/mol. The van der Waals surface area contributed by atoms with Crippen molar-refractivity contribution >= 4 is 0 Å². The molecule has 0 saturated heterocycles. The molecule has 0 amide bonds. The molecular formula is C23H44N2. The van der Waals surface area contributed by atoms with Crippen LogP contribution in [0, 0.1) is 5.92 Å². The molecule has 0 spiro atoms. The summed E-state index contributed by atoms with van der Waals surface area (Å²) < 4.78 is 0. The van der Waals surface area contributed by atoms with Gasteiger partial charge in [-0.2, -0.15) is 0 Å². The van der Waals surface area contributed by atoms with Gasteiger partial charge in [-0.1, -0.05) is 94.4 Å². The first-order valence-electron chi connectivity index (χ1n) is 10.7. The summed E-state index contributed by atoms with van der Waals surface area (Å²) >= 11 is 0. The number of H-pyrrole nitrogens is 1. The average molecular weight is 349 g/mol. The Morgan fingerprint density at radius 2 is 1.40 bits per heavy atom. The Bertz CT molecular complexity index is 508. The van der Waals surface area contributed by atoms with Crippen molar-refractivity contribution in [2.45, 2.75) is 124 Å². The molecule has 1 aromatic rings. The average Bonchev–Trinajstić information content (AvgIpc) is 2.99. The number of unbranched alkanes of at least 4 members (excludes halogenated alkanes) is 3. The number of nitrogens with zero attached hydrogens (tertiary/aromatic N) is 1. The van der Waals surface area contributed by atoms with Crippen molar-refractivity contribution in [1.82, 2.24) is 9.97 Å². The number of rotatable bonds is 11. The zero-order valence-electron chi connectivity index (χ0n) is 18.6. The zero-order chi connectivity index (χ0) is 19.3. The summed E-state index contributed by atoms with van der Waals surface area (Å²) in [5.41, 5.74) is 2.99. The van der Waals surface area contributed by atoms with Crippen LogP contribution in [0.15, 0.2) is 0 Å². The summed E-state index contributed by atoms with van der Waals surface area (Å²) in [6, 6.07) is 0. The third-order valence-corrected chi connectivity index (χ3v) is 6.04. The van der Waals surface area contributed by atoms with Gasteiger partial charge in [-0.25, -0.2) is 4.98 Å². The Morgan fingerprint density at radius 3 is 1.92 bits per heavy atom. The minimum Gasteiger partial charge on any atom is -0.345 e. The van der Waals surface area contributed by atoms with Crippen molar-refractivity contribution in [3.63, 3.8) is 0 Å². The second kappa shape index (κ2) is 9.24. The van der Waals surface area contributed by atoms with Crippen LogP contribution in [0.25, 0.3) is 0 Å². The molecule has 0 aliphatic carbocycles. The number of hydrogen-bond acceptors (Lipinski definition) is 1. The number of aromatic nitrogens is 2. The van der Waals surface area contributed by atoms with E-state index in [1.807, 2.05) is 0 Å². The molecule has 1 aromatic heterocycles. The van der Waals surface area contributed by atoms with Gasteiger partial charge in [-0.3, -0.25) is 0 Å². The number of imidazole rings is 1. The molecule has 0 aliphatic heterocycles. The highest BCUT2D eigenvalue weighted by Crippen LogP contribution is 2.38. The lowest BCUT2D eigenvalue weighted by molar-refractivity contribution is 0.418. The van der Waals surface area contributed by atoms with Crippen LogP contribution in [0.2, 0.25) is 0 Å². The SMILES string of the molecule is CCCCCC(C)(C)c1nc(C(C)C(C)C)c(C(C)(C)CCCC)[nH]1. The predicted molar refractivity (Wildman–Crippen MR) is 112 cm³/mol. The summed E-state index contributed by atoms with van der Waals surface area (Å²) in [6.45, 7) is 21.0. The maximum atomic E-state index is 5.20. The molecule has 1 unspecified atom stereocenters. The van der Waals surface area contributed by atoms with E-state index < -0.39 is 0 Å². The highest BCUT2D eigenvalue weighted by atomic mass is 15.0. The van der Waals surface area contributed by atoms with Crippen LogP contribution < -0.4 is 0 Å². The largest absolute Gasteiger partial charge is 0.345 e. The van der Waals surface area contributed by atoms with Gasteiger partial charge in [0.25, 0.3) is 0 Å². The summed E-state index contributed by atoms with van der Waals surface area (Å²) in [4.78, 5) is 9.02. The molecule has 1 atom stereocenters. The van der Waals surface area contributed by atoms with Crippen LogP contribution in [-0.2, 0) is 10.8 Å². The molecule has 0 radical (unpaired) electrons. The molecule has 1 heterocycles. The Kier molecular flexibility index (Phi) is 8.22. The van der Waals surface area contributed by atoms with E-state index in [0.717, 1.165) is 0 Å². The third kappa shape index (κ3) is 5.86. The first-order valence-corrected chi connectivity index (χ1v) is 10.7. The highest BCUT2D eigenvalue weighted by Gasteiger charge is 2.33. The van der Waals surface area contributed by atoms with Gasteiger partial charge in [0.1, 0.15) is 5.82 Å². The Morgan fingerprint density at radius 1 is 0.840 bits per heavy atom. The van der Waals surface area contributed by atoms with E-state index in [0.29, 0.717) is 11.8 Å². The minimum atomic E-state index is 0.125. The molecule has 1 rings (SSSR count). The standard InChI is InChI=1S/C23H44N2/c1-10-12-14-16-23(8,9)21-24-19(18(5)17(3)4)20(25-21)22(6,7)15-13-11-2/h17-18H,10-16H2,1-9H3,(H,24,25). The van der Waals surface area contributed by atoms with Crippen molar-refractivity contribution in [3.8, 4) is 0 Å². The van der Waals surface area contributed by atoms with E-state index in [4.69, 9.17) is 4.98 Å². The van der Waals surface area contributed by atoms with Gasteiger partial charge in [0, 0.05) is 22.4 Å². The van der Waals surface area contributed by atoms with Crippen LogP contribution in [0.5, 0.6) is 0 Å². The van der Waals surface area contributed by atoms with Crippen LogP contribution >= 0.6 is 0 Å². The van der Waals surface area contributed by atoms with Gasteiger partial charge < -0.3 is 4.98 Å². The quantitative estimate of drug-likeness (QED) is 0.412. The van der Waals surface area contributed by atoms with E-state index >= 15 is 0 Å². The fourth-order valence-corrected chi connectivity index (χ4v) is 3.55. The molecular weight excluding hydrogens is 304 g/mol. The van der Waals surface area contributed by atoms with E-state index in [1.165, 1.54) is 62.2 Å². The van der Waals surface area contributed by atoms with Crippen LogP contribution in [0.3, 0.4) is 0 Å². The maximum absolute atomic E-state index is 5.20. The Hall–Kier alpha value is -0.790. The predicted octanol–water partition coefficient (Wildman–Crippen LogP) is 7.49. The maximum Gasteiger partial charge on any atom is 0.112 e. The zero-order valence-corrected chi connectivity index (χ0v) is 18.6. The van der Waals surface area contributed by atoms with Crippen LogP contribution in [0.1, 0.15) is 130 Å². The van der Waals surface area contributed by atoms with Crippen molar-refractivity contribution in [3.05, 3.63) is 17.2 Å². The smallest absolute Gasteiger partial charge is 0.112 e. The summed E-state index contributed by atoms with van der Waals surface area (Å²) in [5.74, 6) is 2.30. The van der Waals surface area contributed by atoms with E-state index in [2.05, 4.69) is 67.3 Å². The lowest BCUT2D eigenvalue weighted by Gasteiger charge is -2.27. The molecule has 2 nitrogen and oxygen atoms in total. The van der Waals surface area contributed by atoms with Gasteiger partial charge in [-0.05, 0) is 18.8 Å². The second-order valence-corrected chi connectivity index (χ2v) is 9.71. The van der Waals surface area contributed by atoms with E-state index in [9.17, 15) is 0 Å². The molecule has 0 aromatic carbocycles. The van der Waals surface area contributed by atoms with Crippen LogP contribution in [-0.4, -0.2) is 9.97 Å². The first-order chi connectivity index (χ1) is 11.6. The summed E-state index contributed by atoms with van der Waals surface area (Å²) in [5, 5.41) is 0. The van der Waals surface area contributed by atoms with Gasteiger partial charge in [0.05, 0.1) is 5.69 Å². The number of nitrogens with one attached hydrogen (secondary N) is 1. The van der Waals surface area contributed by atoms with Crippen molar-refractivity contribution in [1.29, 1.82) is 0 Å². The molecule has 25 heavy (non-hydrogen) atoms. The Labute approximate surface area is 157 Å². The molecule has 1 N–H and O–H groups in total. The van der Waals surface area contributed by atoms with Crippen LogP contribution in [0.4, 0.5) is 0 Å². The van der Waals surface area contributed by atoms with E-state index in [1.54, 1.807) is 0 Å². The fraction of sp³-hybridized carbons (Fsp3) is 0.870. The highest BCUT2D eigenvalue weighted by molar-refractivity contribution is 5.28.